The quantitative estimate of drug-likeness (QED) is 0.306. The zero-order valence-electron chi connectivity index (χ0n) is 15.7. The lowest BCUT2D eigenvalue weighted by molar-refractivity contribution is -0.777. The van der Waals surface area contributed by atoms with Crippen molar-refractivity contribution in [3.63, 3.8) is 0 Å². The summed E-state index contributed by atoms with van der Waals surface area (Å²) in [6.07, 6.45) is -1.49. The Morgan fingerprint density at radius 1 is 1.32 bits per heavy atom. The molecule has 12 nitrogen and oxygen atoms in total. The van der Waals surface area contributed by atoms with E-state index in [0.717, 1.165) is 18.7 Å². The van der Waals surface area contributed by atoms with Gasteiger partial charge in [0, 0.05) is 18.2 Å². The average Bonchev–Trinajstić information content (AvgIpc) is 3.07. The Bertz CT molecular complexity index is 630. The third kappa shape index (κ3) is 7.21. The van der Waals surface area contributed by atoms with Crippen LogP contribution in [0.25, 0.3) is 0 Å². The SMILES string of the molecule is CC(OC(=O)N[C@@H](C)C(=O)SCC(C)C(=O)N1CCC[C@H]1C(=O)O)O[N+](=O)[O-]. The number of nitrogens with one attached hydrogen (secondary N) is 1. The lowest BCUT2D eigenvalue weighted by Crippen LogP contribution is -2.43. The standard InChI is InChI=1S/C15H23N3O9S/c1-8(12(19)17-6-4-5-11(17)13(20)21)7-28-14(22)9(2)16-15(23)26-10(3)27-18(24)25/h8-11H,4-7H2,1-3H3,(H,16,23)(H,20,21)/t8?,9-,10?,11-/m0/s1. The highest BCUT2D eigenvalue weighted by Crippen LogP contribution is 2.22. The fourth-order valence-electron chi connectivity index (χ4n) is 2.54. The summed E-state index contributed by atoms with van der Waals surface area (Å²) in [6.45, 7) is 4.50. The van der Waals surface area contributed by atoms with Gasteiger partial charge in [0.2, 0.25) is 17.3 Å². The predicted octanol–water partition coefficient (Wildman–Crippen LogP) is 0.627. The number of carbonyl (C=O) groups excluding carboxylic acids is 3. The molecule has 1 heterocycles. The number of likely N-dealkylation sites (tertiary alicyclic amines) is 1. The first-order valence-electron chi connectivity index (χ1n) is 8.51. The minimum Gasteiger partial charge on any atom is -0.480 e. The molecule has 1 fully saturated rings. The highest BCUT2D eigenvalue weighted by Gasteiger charge is 2.36. The van der Waals surface area contributed by atoms with E-state index in [-0.39, 0.29) is 11.7 Å². The van der Waals surface area contributed by atoms with Gasteiger partial charge < -0.3 is 20.1 Å². The molecule has 0 aromatic carbocycles. The molecule has 28 heavy (non-hydrogen) atoms. The Balaban J connectivity index is 2.43. The molecular formula is C15H23N3O9S. The maximum absolute atomic E-state index is 12.4. The monoisotopic (exact) mass is 421 g/mol. The maximum Gasteiger partial charge on any atom is 0.409 e. The van der Waals surface area contributed by atoms with E-state index in [0.29, 0.717) is 19.4 Å². The Hall–Kier alpha value is -2.57. The van der Waals surface area contributed by atoms with Gasteiger partial charge in [0.25, 0.3) is 5.09 Å². The number of alkyl carbamates (subject to hydrolysis) is 1. The molecule has 0 spiro atoms. The molecule has 0 bridgehead atoms. The molecule has 2 unspecified atom stereocenters. The number of carbonyl (C=O) groups is 4. The van der Waals surface area contributed by atoms with Crippen LogP contribution in [-0.4, -0.2) is 68.8 Å². The van der Waals surface area contributed by atoms with E-state index in [4.69, 9.17) is 5.11 Å². The molecule has 0 aliphatic carbocycles. The van der Waals surface area contributed by atoms with Crippen LogP contribution in [0, 0.1) is 16.0 Å². The van der Waals surface area contributed by atoms with Crippen molar-refractivity contribution in [3.05, 3.63) is 10.1 Å². The number of rotatable bonds is 9. The topological polar surface area (TPSA) is 165 Å². The molecule has 13 heteroatoms. The van der Waals surface area contributed by atoms with Gasteiger partial charge in [-0.15, -0.1) is 10.1 Å². The van der Waals surface area contributed by atoms with E-state index < -0.39 is 46.6 Å². The van der Waals surface area contributed by atoms with Crippen molar-refractivity contribution in [2.24, 2.45) is 5.92 Å². The molecule has 4 atom stereocenters. The van der Waals surface area contributed by atoms with Crippen molar-refractivity contribution >= 4 is 34.8 Å². The number of thioether (sulfide) groups is 1. The summed E-state index contributed by atoms with van der Waals surface area (Å²) in [6, 6.07) is -1.81. The summed E-state index contributed by atoms with van der Waals surface area (Å²) in [5, 5.41) is 19.9. The molecular weight excluding hydrogens is 398 g/mol. The molecule has 1 saturated heterocycles. The maximum atomic E-state index is 12.4. The molecule has 0 aromatic heterocycles. The number of hydrogen-bond donors (Lipinski definition) is 2. The van der Waals surface area contributed by atoms with Crippen molar-refractivity contribution in [2.45, 2.75) is 52.0 Å². The van der Waals surface area contributed by atoms with Gasteiger partial charge in [-0.25, -0.2) is 9.59 Å². The smallest absolute Gasteiger partial charge is 0.409 e. The number of hydrogen-bond acceptors (Lipinski definition) is 9. The minimum atomic E-state index is -1.44. The number of amides is 2. The Morgan fingerprint density at radius 2 is 1.96 bits per heavy atom. The summed E-state index contributed by atoms with van der Waals surface area (Å²) >= 11 is 0.817. The minimum absolute atomic E-state index is 0.114. The van der Waals surface area contributed by atoms with Gasteiger partial charge >= 0.3 is 12.1 Å². The van der Waals surface area contributed by atoms with E-state index >= 15 is 0 Å². The largest absolute Gasteiger partial charge is 0.480 e. The first kappa shape index (κ1) is 23.5. The highest BCUT2D eigenvalue weighted by molar-refractivity contribution is 8.13. The van der Waals surface area contributed by atoms with Crippen molar-refractivity contribution in [1.29, 1.82) is 0 Å². The Kier molecular flexibility index (Phi) is 8.96. The van der Waals surface area contributed by atoms with Gasteiger partial charge in [-0.05, 0) is 26.7 Å². The molecule has 0 saturated carbocycles. The Morgan fingerprint density at radius 3 is 2.54 bits per heavy atom. The zero-order chi connectivity index (χ0) is 21.4. The summed E-state index contributed by atoms with van der Waals surface area (Å²) in [4.78, 5) is 62.7. The average molecular weight is 421 g/mol. The van der Waals surface area contributed by atoms with E-state index in [9.17, 15) is 29.3 Å². The fourth-order valence-corrected chi connectivity index (χ4v) is 3.40. The van der Waals surface area contributed by atoms with E-state index in [2.05, 4.69) is 14.9 Å². The van der Waals surface area contributed by atoms with Crippen LogP contribution in [0.15, 0.2) is 0 Å². The van der Waals surface area contributed by atoms with Crippen LogP contribution in [-0.2, 0) is 24.0 Å². The van der Waals surface area contributed by atoms with Gasteiger partial charge in [0.1, 0.15) is 6.04 Å². The number of carboxylic acids is 1. The summed E-state index contributed by atoms with van der Waals surface area (Å²) in [5.41, 5.74) is 0. The van der Waals surface area contributed by atoms with Gasteiger partial charge in [0.15, 0.2) is 0 Å². The van der Waals surface area contributed by atoms with Crippen LogP contribution in [0.2, 0.25) is 0 Å². The lowest BCUT2D eigenvalue weighted by Gasteiger charge is -2.24. The van der Waals surface area contributed by atoms with Crippen LogP contribution >= 0.6 is 11.8 Å². The first-order chi connectivity index (χ1) is 13.0. The molecule has 2 N–H and O–H groups in total. The number of nitrogens with zero attached hydrogens (tertiary/aromatic N) is 2. The first-order valence-corrected chi connectivity index (χ1v) is 9.49. The second-order valence-corrected chi connectivity index (χ2v) is 7.25. The van der Waals surface area contributed by atoms with Crippen molar-refractivity contribution < 1.29 is 38.9 Å². The second-order valence-electron chi connectivity index (χ2n) is 6.23. The normalized spacial score (nSPS) is 19.2. The number of carboxylic acid groups (broad SMARTS) is 1. The van der Waals surface area contributed by atoms with Crippen LogP contribution in [0.3, 0.4) is 0 Å². The number of ether oxygens (including phenoxy) is 1. The van der Waals surface area contributed by atoms with Gasteiger partial charge in [-0.2, -0.15) is 0 Å². The second kappa shape index (κ2) is 10.7. The van der Waals surface area contributed by atoms with Crippen LogP contribution in [0.1, 0.15) is 33.6 Å². The van der Waals surface area contributed by atoms with Crippen molar-refractivity contribution in [1.82, 2.24) is 10.2 Å². The molecule has 1 rings (SSSR count). The third-order valence-corrected chi connectivity index (χ3v) is 5.22. The van der Waals surface area contributed by atoms with Crippen LogP contribution in [0.4, 0.5) is 4.79 Å². The van der Waals surface area contributed by atoms with Crippen LogP contribution in [0.5, 0.6) is 0 Å². The third-order valence-electron chi connectivity index (χ3n) is 3.91. The van der Waals surface area contributed by atoms with Crippen molar-refractivity contribution in [2.75, 3.05) is 12.3 Å². The van der Waals surface area contributed by atoms with E-state index in [1.165, 1.54) is 11.8 Å². The van der Waals surface area contributed by atoms with Gasteiger partial charge in [-0.3, -0.25) is 14.4 Å². The van der Waals surface area contributed by atoms with Gasteiger partial charge in [-0.1, -0.05) is 18.7 Å². The Labute approximate surface area is 165 Å². The molecule has 0 aromatic rings. The molecule has 158 valence electrons. The zero-order valence-corrected chi connectivity index (χ0v) is 16.5. The highest BCUT2D eigenvalue weighted by atomic mass is 32.2. The summed E-state index contributed by atoms with van der Waals surface area (Å²) < 4.78 is 4.56. The molecule has 0 radical (unpaired) electrons. The molecule has 1 aliphatic heterocycles. The predicted molar refractivity (Wildman–Crippen MR) is 95.6 cm³/mol. The fraction of sp³-hybridized carbons (Fsp3) is 0.733. The summed E-state index contributed by atoms with van der Waals surface area (Å²) in [7, 11) is 0. The van der Waals surface area contributed by atoms with Gasteiger partial charge in [0.05, 0.1) is 6.04 Å². The van der Waals surface area contributed by atoms with Crippen LogP contribution < -0.4 is 5.32 Å². The molecule has 1 aliphatic rings. The van der Waals surface area contributed by atoms with Crippen molar-refractivity contribution in [3.8, 4) is 0 Å². The summed E-state index contributed by atoms with van der Waals surface area (Å²) in [5.74, 6) is -1.85. The van der Waals surface area contributed by atoms with E-state index in [1.807, 2.05) is 0 Å². The number of aliphatic carboxylic acids is 1. The molecule has 2 amide bonds. The van der Waals surface area contributed by atoms with E-state index in [1.54, 1.807) is 6.92 Å². The lowest BCUT2D eigenvalue weighted by atomic mass is 10.1.